The number of ketones is 2. The average molecular weight is 373 g/mol. The first-order valence-electron chi connectivity index (χ1n) is 10.7. The fourth-order valence-electron chi connectivity index (χ4n) is 7.24. The fourth-order valence-corrected chi connectivity index (χ4v) is 7.24. The SMILES string of the molecule is CC(=O)OCC(=O)[C@H]1CC[C@H]2[C@@H]3C(=O)C=C4CCCC[C@]4(C)[C@H]3CC[C@]12C. The summed E-state index contributed by atoms with van der Waals surface area (Å²) in [5.41, 5.74) is 1.44. The molecule has 0 amide bonds. The number of esters is 1. The molecule has 0 aromatic carbocycles. The van der Waals surface area contributed by atoms with Crippen molar-refractivity contribution in [2.45, 2.75) is 72.1 Å². The van der Waals surface area contributed by atoms with Crippen LogP contribution in [0.25, 0.3) is 0 Å². The summed E-state index contributed by atoms with van der Waals surface area (Å²) in [6, 6.07) is 0. The molecule has 4 aliphatic carbocycles. The second-order valence-electron chi connectivity index (χ2n) is 9.86. The summed E-state index contributed by atoms with van der Waals surface area (Å²) >= 11 is 0. The normalized spacial score (nSPS) is 43.2. The van der Waals surface area contributed by atoms with Gasteiger partial charge in [0.25, 0.3) is 0 Å². The van der Waals surface area contributed by atoms with E-state index < -0.39 is 5.97 Å². The van der Waals surface area contributed by atoms with Crippen LogP contribution in [0.1, 0.15) is 72.1 Å². The molecule has 6 atom stereocenters. The average Bonchev–Trinajstić information content (AvgIpc) is 2.97. The number of ether oxygens (including phenoxy) is 1. The third kappa shape index (κ3) is 2.82. The molecule has 0 aliphatic heterocycles. The maximum absolute atomic E-state index is 13.2. The van der Waals surface area contributed by atoms with Gasteiger partial charge >= 0.3 is 5.97 Å². The van der Waals surface area contributed by atoms with Gasteiger partial charge in [-0.1, -0.05) is 25.8 Å². The highest BCUT2D eigenvalue weighted by Crippen LogP contribution is 2.65. The Kier molecular flexibility index (Phi) is 4.59. The van der Waals surface area contributed by atoms with Gasteiger partial charge in [0.15, 0.2) is 11.6 Å². The Morgan fingerprint density at radius 1 is 1.11 bits per heavy atom. The molecule has 0 spiro atoms. The lowest BCUT2D eigenvalue weighted by molar-refractivity contribution is -0.149. The smallest absolute Gasteiger partial charge is 0.303 e. The van der Waals surface area contributed by atoms with Crippen molar-refractivity contribution in [3.8, 4) is 0 Å². The predicted octanol–water partition coefficient (Wildman–Crippen LogP) is 4.27. The number of hydrogen-bond acceptors (Lipinski definition) is 4. The van der Waals surface area contributed by atoms with Crippen LogP contribution < -0.4 is 0 Å². The van der Waals surface area contributed by atoms with Gasteiger partial charge in [-0.15, -0.1) is 0 Å². The molecule has 0 unspecified atom stereocenters. The van der Waals surface area contributed by atoms with Crippen LogP contribution in [0.3, 0.4) is 0 Å². The summed E-state index contributed by atoms with van der Waals surface area (Å²) in [6.07, 6.45) is 10.5. The van der Waals surface area contributed by atoms with Crippen LogP contribution in [0.4, 0.5) is 0 Å². The quantitative estimate of drug-likeness (QED) is 0.694. The lowest BCUT2D eigenvalue weighted by atomic mass is 9.47. The van der Waals surface area contributed by atoms with Crippen molar-refractivity contribution in [3.63, 3.8) is 0 Å². The summed E-state index contributed by atoms with van der Waals surface area (Å²) in [4.78, 5) is 37.0. The van der Waals surface area contributed by atoms with Crippen LogP contribution in [0.2, 0.25) is 0 Å². The van der Waals surface area contributed by atoms with E-state index in [1.165, 1.54) is 31.8 Å². The number of carbonyl (C=O) groups is 3. The number of rotatable bonds is 3. The molecule has 4 aliphatic rings. The summed E-state index contributed by atoms with van der Waals surface area (Å²) in [5, 5.41) is 0. The zero-order valence-corrected chi connectivity index (χ0v) is 16.9. The third-order valence-electron chi connectivity index (χ3n) is 8.67. The van der Waals surface area contributed by atoms with Crippen molar-refractivity contribution >= 4 is 17.5 Å². The molecule has 0 radical (unpaired) electrons. The Morgan fingerprint density at radius 2 is 1.89 bits per heavy atom. The predicted molar refractivity (Wildman–Crippen MR) is 102 cm³/mol. The monoisotopic (exact) mass is 372 g/mol. The molecular weight excluding hydrogens is 340 g/mol. The highest BCUT2D eigenvalue weighted by molar-refractivity contribution is 5.95. The van der Waals surface area contributed by atoms with Gasteiger partial charge in [0.05, 0.1) is 0 Å². The lowest BCUT2D eigenvalue weighted by Crippen LogP contribution is -2.53. The van der Waals surface area contributed by atoms with E-state index in [9.17, 15) is 14.4 Å². The van der Waals surface area contributed by atoms with Crippen molar-refractivity contribution in [1.82, 2.24) is 0 Å². The van der Waals surface area contributed by atoms with Crippen LogP contribution in [-0.4, -0.2) is 24.1 Å². The molecular formula is C23H32O4. The number of hydrogen-bond donors (Lipinski definition) is 0. The molecule has 0 heterocycles. The van der Waals surface area contributed by atoms with Crippen molar-refractivity contribution in [1.29, 1.82) is 0 Å². The Hall–Kier alpha value is -1.45. The van der Waals surface area contributed by atoms with Crippen molar-refractivity contribution < 1.29 is 19.1 Å². The molecule has 4 rings (SSSR count). The van der Waals surface area contributed by atoms with Crippen LogP contribution in [0.15, 0.2) is 11.6 Å². The molecule has 4 nitrogen and oxygen atoms in total. The minimum Gasteiger partial charge on any atom is -0.458 e. The maximum atomic E-state index is 13.2. The van der Waals surface area contributed by atoms with E-state index >= 15 is 0 Å². The second kappa shape index (κ2) is 6.56. The summed E-state index contributed by atoms with van der Waals surface area (Å²) in [6.45, 7) is 5.83. The first-order valence-corrected chi connectivity index (χ1v) is 10.7. The van der Waals surface area contributed by atoms with E-state index in [4.69, 9.17) is 4.74 Å². The van der Waals surface area contributed by atoms with E-state index in [-0.39, 0.29) is 41.0 Å². The van der Waals surface area contributed by atoms with Crippen LogP contribution in [0, 0.1) is 34.5 Å². The van der Waals surface area contributed by atoms with Gasteiger partial charge in [-0.3, -0.25) is 14.4 Å². The van der Waals surface area contributed by atoms with Gasteiger partial charge < -0.3 is 4.74 Å². The minimum atomic E-state index is -0.405. The molecule has 27 heavy (non-hydrogen) atoms. The summed E-state index contributed by atoms with van der Waals surface area (Å²) < 4.78 is 4.99. The highest BCUT2D eigenvalue weighted by Gasteiger charge is 2.61. The molecule has 4 heteroatoms. The van der Waals surface area contributed by atoms with Gasteiger partial charge in [0, 0.05) is 18.8 Å². The van der Waals surface area contributed by atoms with Gasteiger partial charge in [-0.05, 0) is 73.7 Å². The molecule has 0 aromatic heterocycles. The van der Waals surface area contributed by atoms with E-state index in [2.05, 4.69) is 13.8 Å². The topological polar surface area (TPSA) is 60.4 Å². The molecule has 3 saturated carbocycles. The number of Topliss-reactive ketones (excluding diaryl/α,β-unsaturated/α-hetero) is 1. The number of carbonyl (C=O) groups excluding carboxylic acids is 3. The van der Waals surface area contributed by atoms with Crippen molar-refractivity contribution in [2.24, 2.45) is 34.5 Å². The second-order valence-corrected chi connectivity index (χ2v) is 9.86. The first-order chi connectivity index (χ1) is 12.8. The molecule has 0 saturated heterocycles. The zero-order chi connectivity index (χ0) is 19.4. The largest absolute Gasteiger partial charge is 0.458 e. The van der Waals surface area contributed by atoms with Crippen LogP contribution in [0.5, 0.6) is 0 Å². The van der Waals surface area contributed by atoms with Gasteiger partial charge in [-0.2, -0.15) is 0 Å². The van der Waals surface area contributed by atoms with Crippen LogP contribution in [-0.2, 0) is 19.1 Å². The standard InChI is InChI=1S/C23H32O4/c1-14(24)27-13-20(26)16-7-8-17-21-18(9-11-23(16,17)3)22(2)10-5-4-6-15(22)12-19(21)25/h12,16-18,21H,4-11,13H2,1-3H3/t16-,17+,18+,21+,22+,23-/m1/s1. The summed E-state index contributed by atoms with van der Waals surface area (Å²) in [5.74, 6) is 0.659. The number of fused-ring (bicyclic) bond motifs is 5. The maximum Gasteiger partial charge on any atom is 0.303 e. The first kappa shape index (κ1) is 18.9. The molecule has 3 fully saturated rings. The summed E-state index contributed by atoms with van der Waals surface area (Å²) in [7, 11) is 0. The van der Waals surface area contributed by atoms with Crippen LogP contribution >= 0.6 is 0 Å². The Morgan fingerprint density at radius 3 is 2.63 bits per heavy atom. The Balaban J connectivity index is 1.61. The van der Waals surface area contributed by atoms with Crippen molar-refractivity contribution in [3.05, 3.63) is 11.6 Å². The van der Waals surface area contributed by atoms with Gasteiger partial charge in [-0.25, -0.2) is 0 Å². The van der Waals surface area contributed by atoms with E-state index in [0.717, 1.165) is 32.1 Å². The molecule has 0 bridgehead atoms. The minimum absolute atomic E-state index is 0.0389. The third-order valence-corrected chi connectivity index (χ3v) is 8.67. The van der Waals surface area contributed by atoms with E-state index in [0.29, 0.717) is 11.7 Å². The fraction of sp³-hybridized carbons (Fsp3) is 0.783. The van der Waals surface area contributed by atoms with Gasteiger partial charge in [0.2, 0.25) is 0 Å². The van der Waals surface area contributed by atoms with Gasteiger partial charge in [0.1, 0.15) is 6.61 Å². The van der Waals surface area contributed by atoms with E-state index in [1.807, 2.05) is 6.08 Å². The molecule has 0 N–H and O–H groups in total. The Labute approximate surface area is 162 Å². The highest BCUT2D eigenvalue weighted by atomic mass is 16.5. The molecule has 0 aromatic rings. The number of allylic oxidation sites excluding steroid dienone is 2. The van der Waals surface area contributed by atoms with E-state index in [1.54, 1.807) is 0 Å². The van der Waals surface area contributed by atoms with Crippen molar-refractivity contribution in [2.75, 3.05) is 6.61 Å². The Bertz CT molecular complexity index is 707. The lowest BCUT2D eigenvalue weighted by Gasteiger charge is -2.56. The molecule has 148 valence electrons. The zero-order valence-electron chi connectivity index (χ0n) is 16.9.